The summed E-state index contributed by atoms with van der Waals surface area (Å²) in [5, 5.41) is 0. The second-order valence-electron chi connectivity index (χ2n) is 15.6. The van der Waals surface area contributed by atoms with Gasteiger partial charge in [-0.1, -0.05) is 64.2 Å². The van der Waals surface area contributed by atoms with Gasteiger partial charge in [0.05, 0.1) is 11.1 Å². The molecule has 0 amide bonds. The summed E-state index contributed by atoms with van der Waals surface area (Å²) < 4.78 is 59.6. The average Bonchev–Trinajstić information content (AvgIpc) is 3.10. The van der Waals surface area contributed by atoms with Crippen LogP contribution < -0.4 is 0 Å². The molecule has 0 nitrogen and oxygen atoms in total. The Balaban J connectivity index is 1.11. The summed E-state index contributed by atoms with van der Waals surface area (Å²) >= 11 is 0. The van der Waals surface area contributed by atoms with E-state index in [0.29, 0.717) is 0 Å². The van der Waals surface area contributed by atoms with E-state index < -0.39 is 23.3 Å². The van der Waals surface area contributed by atoms with Gasteiger partial charge in [0.2, 0.25) is 0 Å². The first-order valence-corrected chi connectivity index (χ1v) is 18.8. The average molecular weight is 635 g/mol. The Kier molecular flexibility index (Phi) is 11.2. The Morgan fingerprint density at radius 2 is 0.761 bits per heavy atom. The van der Waals surface area contributed by atoms with E-state index in [-0.39, 0.29) is 23.0 Å². The Hall–Kier alpha value is -2.28. The molecule has 0 radical (unpaired) electrons. The molecule has 0 N–H and O–H groups in total. The zero-order chi connectivity index (χ0) is 32.2. The van der Waals surface area contributed by atoms with Crippen LogP contribution in [-0.4, -0.2) is 0 Å². The van der Waals surface area contributed by atoms with Crippen LogP contribution in [0.4, 0.5) is 17.6 Å². The zero-order valence-electron chi connectivity index (χ0n) is 28.2. The van der Waals surface area contributed by atoms with Crippen molar-refractivity contribution in [2.24, 2.45) is 35.5 Å². The highest BCUT2D eigenvalue weighted by atomic mass is 19.2. The summed E-state index contributed by atoms with van der Waals surface area (Å²) in [7, 11) is 0. The van der Waals surface area contributed by atoms with Gasteiger partial charge < -0.3 is 0 Å². The fraction of sp³-hybridized carbons (Fsp3) is 0.667. The fourth-order valence-corrected chi connectivity index (χ4v) is 9.99. The van der Waals surface area contributed by atoms with Gasteiger partial charge in [-0.3, -0.25) is 0 Å². The van der Waals surface area contributed by atoms with Gasteiger partial charge in [0.25, 0.3) is 0 Å². The van der Waals surface area contributed by atoms with E-state index in [1.807, 2.05) is 0 Å². The molecule has 0 saturated heterocycles. The predicted molar refractivity (Wildman–Crippen MR) is 180 cm³/mol. The van der Waals surface area contributed by atoms with Crippen LogP contribution in [0.1, 0.15) is 164 Å². The lowest BCUT2D eigenvalue weighted by Crippen LogP contribution is -2.25. The lowest BCUT2D eigenvalue weighted by molar-refractivity contribution is 0.158. The number of hydrogen-bond donors (Lipinski definition) is 0. The lowest BCUT2D eigenvalue weighted by atomic mass is 9.68. The highest BCUT2D eigenvalue weighted by molar-refractivity contribution is 5.47. The summed E-state index contributed by atoms with van der Waals surface area (Å²) in [6.07, 6.45) is 21.7. The van der Waals surface area contributed by atoms with E-state index in [9.17, 15) is 17.6 Å². The Bertz CT molecular complexity index is 1270. The van der Waals surface area contributed by atoms with E-state index in [0.717, 1.165) is 98.0 Å². The van der Waals surface area contributed by atoms with E-state index in [1.165, 1.54) is 76.3 Å². The van der Waals surface area contributed by atoms with Crippen molar-refractivity contribution < 1.29 is 17.6 Å². The summed E-state index contributed by atoms with van der Waals surface area (Å²) in [6.45, 7) is 4.60. The van der Waals surface area contributed by atoms with Crippen LogP contribution >= 0.6 is 0 Å². The molecular weight excluding hydrogens is 580 g/mol. The quantitative estimate of drug-likeness (QED) is 0.219. The number of halogens is 4. The molecule has 0 spiro atoms. The van der Waals surface area contributed by atoms with Gasteiger partial charge in [-0.15, -0.1) is 0 Å². The standard InChI is InChI=1S/C42H54F4/c1-3-27-5-9-29(10-6-27)31-13-17-33(18-14-31)37-23-35(41(45)39(43)25-37)21-22-36-24-38(26-40(44)42(36)46)34-19-15-32(16-20-34)30-11-7-28(4-2)8-12-30/h23-34H,3-20H2,1-2H3. The second-order valence-corrected chi connectivity index (χ2v) is 15.6. The summed E-state index contributed by atoms with van der Waals surface area (Å²) in [6, 6.07) is 5.95. The highest BCUT2D eigenvalue weighted by Gasteiger charge is 2.33. The van der Waals surface area contributed by atoms with Crippen molar-refractivity contribution in [1.82, 2.24) is 0 Å². The summed E-state index contributed by atoms with van der Waals surface area (Å²) in [4.78, 5) is 0. The number of benzene rings is 2. The third-order valence-electron chi connectivity index (χ3n) is 13.2. The summed E-state index contributed by atoms with van der Waals surface area (Å²) in [5.74, 6) is 6.77. The maximum Gasteiger partial charge on any atom is 0.174 e. The molecule has 4 heteroatoms. The molecule has 0 aliphatic heterocycles. The second kappa shape index (κ2) is 15.3. The summed E-state index contributed by atoms with van der Waals surface area (Å²) in [5.41, 5.74) is 1.41. The maximum absolute atomic E-state index is 15.0. The van der Waals surface area contributed by atoms with Crippen LogP contribution in [0.15, 0.2) is 24.3 Å². The molecule has 4 aliphatic carbocycles. The monoisotopic (exact) mass is 634 g/mol. The SMILES string of the molecule is CCC1CCC(C2CCC(c3cc(F)c(F)c(C#Cc4cc(C5CCC(C6CCC(CC)CC6)CC5)cc(F)c4F)c3)CC2)CC1. The highest BCUT2D eigenvalue weighted by Crippen LogP contribution is 2.46. The van der Waals surface area contributed by atoms with Gasteiger partial charge in [0, 0.05) is 0 Å². The van der Waals surface area contributed by atoms with Crippen molar-refractivity contribution in [3.8, 4) is 11.8 Å². The van der Waals surface area contributed by atoms with Crippen molar-refractivity contribution in [1.29, 1.82) is 0 Å². The molecule has 2 aromatic rings. The fourth-order valence-electron chi connectivity index (χ4n) is 9.99. The van der Waals surface area contributed by atoms with Crippen LogP contribution in [0.2, 0.25) is 0 Å². The molecule has 0 unspecified atom stereocenters. The molecule has 2 aromatic carbocycles. The van der Waals surface area contributed by atoms with Crippen LogP contribution in [0.3, 0.4) is 0 Å². The van der Waals surface area contributed by atoms with E-state index in [1.54, 1.807) is 12.1 Å². The van der Waals surface area contributed by atoms with Gasteiger partial charge in [-0.05, 0) is 160 Å². The van der Waals surface area contributed by atoms with Crippen molar-refractivity contribution >= 4 is 0 Å². The molecule has 4 fully saturated rings. The van der Waals surface area contributed by atoms with Crippen molar-refractivity contribution in [3.05, 3.63) is 69.8 Å². The van der Waals surface area contributed by atoms with Gasteiger partial charge in [0.15, 0.2) is 23.3 Å². The minimum absolute atomic E-state index is 0.0708. The smallest absolute Gasteiger partial charge is 0.174 e. The van der Waals surface area contributed by atoms with Crippen molar-refractivity contribution in [2.75, 3.05) is 0 Å². The number of rotatable bonds is 6. The first-order chi connectivity index (χ1) is 22.3. The van der Waals surface area contributed by atoms with Gasteiger partial charge >= 0.3 is 0 Å². The van der Waals surface area contributed by atoms with E-state index in [2.05, 4.69) is 25.7 Å². The molecule has 250 valence electrons. The van der Waals surface area contributed by atoms with Crippen LogP contribution in [-0.2, 0) is 0 Å². The molecule has 46 heavy (non-hydrogen) atoms. The number of hydrogen-bond acceptors (Lipinski definition) is 0. The first-order valence-electron chi connectivity index (χ1n) is 18.8. The predicted octanol–water partition coefficient (Wildman–Crippen LogP) is 12.6. The minimum atomic E-state index is -1.01. The Morgan fingerprint density at radius 3 is 1.07 bits per heavy atom. The molecule has 6 rings (SSSR count). The third kappa shape index (κ3) is 7.71. The lowest BCUT2D eigenvalue weighted by Gasteiger charge is -2.38. The van der Waals surface area contributed by atoms with Gasteiger partial charge in [0.1, 0.15) is 0 Å². The van der Waals surface area contributed by atoms with Gasteiger partial charge in [-0.2, -0.15) is 0 Å². The molecule has 0 atom stereocenters. The van der Waals surface area contributed by atoms with Crippen LogP contribution in [0.25, 0.3) is 0 Å². The normalized spacial score (nSPS) is 32.0. The molecule has 0 aromatic heterocycles. The van der Waals surface area contributed by atoms with Crippen molar-refractivity contribution in [3.63, 3.8) is 0 Å². The first kappa shape index (κ1) is 33.6. The molecule has 0 heterocycles. The van der Waals surface area contributed by atoms with E-state index >= 15 is 0 Å². The van der Waals surface area contributed by atoms with Gasteiger partial charge in [-0.25, -0.2) is 17.6 Å². The topological polar surface area (TPSA) is 0 Å². The Labute approximate surface area is 275 Å². The Morgan fingerprint density at radius 1 is 0.457 bits per heavy atom. The molecule has 4 saturated carbocycles. The molecule has 4 aliphatic rings. The molecular formula is C42H54F4. The van der Waals surface area contributed by atoms with E-state index in [4.69, 9.17) is 0 Å². The minimum Gasteiger partial charge on any atom is -0.204 e. The maximum atomic E-state index is 15.0. The largest absolute Gasteiger partial charge is 0.204 e. The van der Waals surface area contributed by atoms with Crippen molar-refractivity contribution in [2.45, 2.75) is 141 Å². The third-order valence-corrected chi connectivity index (χ3v) is 13.2. The molecule has 0 bridgehead atoms. The zero-order valence-corrected chi connectivity index (χ0v) is 28.2. The van der Waals surface area contributed by atoms with Crippen LogP contribution in [0, 0.1) is 70.6 Å². The van der Waals surface area contributed by atoms with Crippen LogP contribution in [0.5, 0.6) is 0 Å².